The highest BCUT2D eigenvalue weighted by Crippen LogP contribution is 2.28. The zero-order valence-electron chi connectivity index (χ0n) is 24.9. The van der Waals surface area contributed by atoms with Gasteiger partial charge in [-0.05, 0) is 68.8 Å². The van der Waals surface area contributed by atoms with E-state index in [1.807, 2.05) is 13.0 Å². The zero-order valence-corrected chi connectivity index (χ0v) is 25.7. The van der Waals surface area contributed by atoms with Crippen molar-refractivity contribution in [3.63, 3.8) is 0 Å². The van der Waals surface area contributed by atoms with Crippen LogP contribution in [0.1, 0.15) is 35.3 Å². The normalized spacial score (nSPS) is 11.7. The van der Waals surface area contributed by atoms with Gasteiger partial charge in [0, 0.05) is 33.8 Å². The van der Waals surface area contributed by atoms with E-state index < -0.39 is 22.0 Å². The molecule has 0 aliphatic carbocycles. The Morgan fingerprint density at radius 1 is 0.933 bits per heavy atom. The largest absolute Gasteiger partial charge is 0.493 e. The van der Waals surface area contributed by atoms with Gasteiger partial charge in [0.1, 0.15) is 11.4 Å². The number of non-ortho nitro benzene ring substituents is 1. The lowest BCUT2D eigenvalue weighted by molar-refractivity contribution is -0.384. The summed E-state index contributed by atoms with van der Waals surface area (Å²) in [6.07, 6.45) is 1.56. The van der Waals surface area contributed by atoms with Gasteiger partial charge in [-0.1, -0.05) is 48.5 Å². The molecule has 11 heteroatoms. The number of carbonyl (C=O) groups excluding carboxylic acids is 3. The first-order chi connectivity index (χ1) is 21.6. The Hall–Kier alpha value is -5.42. The van der Waals surface area contributed by atoms with Crippen LogP contribution in [0.5, 0.6) is 5.75 Å². The molecule has 0 radical (unpaired) electrons. The fraction of sp³-hybridized carbons (Fsp3) is 0.147. The lowest BCUT2D eigenvalue weighted by Crippen LogP contribution is -2.30. The lowest BCUT2D eigenvalue weighted by atomic mass is 10.1. The summed E-state index contributed by atoms with van der Waals surface area (Å²) >= 11 is 1.26. The third-order valence-electron chi connectivity index (χ3n) is 6.51. The topological polar surface area (TPSA) is 140 Å². The first-order valence-electron chi connectivity index (χ1n) is 14.1. The molecule has 45 heavy (non-hydrogen) atoms. The molecule has 0 fully saturated rings. The molecule has 0 bridgehead atoms. The van der Waals surface area contributed by atoms with Gasteiger partial charge in [0.25, 0.3) is 17.5 Å². The van der Waals surface area contributed by atoms with Gasteiger partial charge in [-0.2, -0.15) is 0 Å². The minimum absolute atomic E-state index is 0.00846. The number of aryl methyl sites for hydroxylation is 1. The fourth-order valence-corrected chi connectivity index (χ4v) is 5.11. The second-order valence-corrected chi connectivity index (χ2v) is 11.3. The molecule has 0 spiro atoms. The summed E-state index contributed by atoms with van der Waals surface area (Å²) in [6.45, 7) is 5.75. The molecule has 0 saturated heterocycles. The summed E-state index contributed by atoms with van der Waals surface area (Å²) in [5.41, 5.74) is 2.41. The van der Waals surface area contributed by atoms with E-state index in [4.69, 9.17) is 4.74 Å². The van der Waals surface area contributed by atoms with Gasteiger partial charge in [-0.25, -0.2) is 0 Å². The van der Waals surface area contributed by atoms with E-state index in [0.717, 1.165) is 0 Å². The Kier molecular flexibility index (Phi) is 11.1. The third-order valence-corrected chi connectivity index (χ3v) is 7.61. The Balaban J connectivity index is 1.51. The summed E-state index contributed by atoms with van der Waals surface area (Å²) in [5.74, 6) is -0.779. The van der Waals surface area contributed by atoms with Gasteiger partial charge < -0.3 is 20.7 Å². The number of nitro benzene ring substituents is 1. The highest BCUT2D eigenvalue weighted by atomic mass is 32.2. The number of nitrogens with zero attached hydrogens (tertiary/aromatic N) is 1. The number of nitro groups is 1. The van der Waals surface area contributed by atoms with Gasteiger partial charge >= 0.3 is 0 Å². The Labute approximate surface area is 265 Å². The van der Waals surface area contributed by atoms with E-state index in [1.54, 1.807) is 98.8 Å². The molecule has 3 amide bonds. The molecule has 0 aliphatic rings. The van der Waals surface area contributed by atoms with Crippen LogP contribution >= 0.6 is 11.8 Å². The zero-order chi connectivity index (χ0) is 32.3. The molecule has 0 saturated carbocycles. The van der Waals surface area contributed by atoms with Crippen LogP contribution < -0.4 is 20.7 Å². The van der Waals surface area contributed by atoms with Crippen molar-refractivity contribution < 1.29 is 24.0 Å². The SMILES string of the molecule is CCOc1ccccc1/C=C(/NC(=O)c1ccccc1)C(=O)Nc1cccc(SC(C)C(=O)Nc2cc([N+](=O)[O-])ccc2C)c1. The van der Waals surface area contributed by atoms with E-state index in [2.05, 4.69) is 16.0 Å². The van der Waals surface area contributed by atoms with Crippen LogP contribution in [0, 0.1) is 17.0 Å². The maximum Gasteiger partial charge on any atom is 0.272 e. The van der Waals surface area contributed by atoms with Crippen molar-refractivity contribution >= 4 is 52.6 Å². The summed E-state index contributed by atoms with van der Waals surface area (Å²) in [5, 5.41) is 18.9. The highest BCUT2D eigenvalue weighted by molar-refractivity contribution is 8.00. The molecule has 1 unspecified atom stereocenters. The van der Waals surface area contributed by atoms with Crippen molar-refractivity contribution in [3.8, 4) is 5.75 Å². The molecule has 4 aromatic rings. The molecule has 0 heterocycles. The molecule has 3 N–H and O–H groups in total. The first kappa shape index (κ1) is 32.5. The average molecular weight is 625 g/mol. The molecule has 10 nitrogen and oxygen atoms in total. The van der Waals surface area contributed by atoms with Crippen LogP contribution in [0.2, 0.25) is 0 Å². The monoisotopic (exact) mass is 624 g/mol. The van der Waals surface area contributed by atoms with E-state index in [-0.39, 0.29) is 17.3 Å². The van der Waals surface area contributed by atoms with E-state index >= 15 is 0 Å². The number of benzene rings is 4. The van der Waals surface area contributed by atoms with Crippen molar-refractivity contribution in [1.29, 1.82) is 0 Å². The Morgan fingerprint density at radius 2 is 1.67 bits per heavy atom. The van der Waals surface area contributed by atoms with Crippen LogP contribution in [-0.4, -0.2) is 34.5 Å². The summed E-state index contributed by atoms with van der Waals surface area (Å²) in [6, 6.07) is 27.0. The highest BCUT2D eigenvalue weighted by Gasteiger charge is 2.19. The number of nitrogens with one attached hydrogen (secondary N) is 3. The summed E-state index contributed by atoms with van der Waals surface area (Å²) < 4.78 is 5.70. The van der Waals surface area contributed by atoms with E-state index in [1.165, 1.54) is 23.9 Å². The number of amides is 3. The number of anilines is 2. The van der Waals surface area contributed by atoms with Crippen LogP contribution in [0.4, 0.5) is 17.1 Å². The van der Waals surface area contributed by atoms with Gasteiger partial charge in [0.05, 0.1) is 22.5 Å². The Bertz CT molecular complexity index is 1740. The molecule has 230 valence electrons. The predicted molar refractivity (Wildman–Crippen MR) is 176 cm³/mol. The standard InChI is InChI=1S/C34H32N4O6S/c1-4-44-31-16-9-8-13-25(31)19-30(37-33(40)24-11-6-5-7-12-24)34(41)35-26-14-10-15-28(20-26)45-23(3)32(39)36-29-21-27(38(42)43)18-17-22(29)2/h5-21,23H,4H2,1-3H3,(H,35,41)(H,36,39)(H,37,40)/b30-19+. The second kappa shape index (κ2) is 15.3. The molecular weight excluding hydrogens is 592 g/mol. The van der Waals surface area contributed by atoms with Crippen molar-refractivity contribution in [3.05, 3.63) is 130 Å². The number of para-hydroxylation sites is 1. The fourth-order valence-electron chi connectivity index (χ4n) is 4.18. The van der Waals surface area contributed by atoms with Crippen LogP contribution in [0.25, 0.3) is 6.08 Å². The van der Waals surface area contributed by atoms with Crippen LogP contribution in [0.15, 0.2) is 108 Å². The maximum absolute atomic E-state index is 13.6. The number of rotatable bonds is 12. The van der Waals surface area contributed by atoms with Gasteiger partial charge in [0.2, 0.25) is 5.91 Å². The quantitative estimate of drug-likeness (QED) is 0.0679. The number of ether oxygens (including phenoxy) is 1. The summed E-state index contributed by atoms with van der Waals surface area (Å²) in [7, 11) is 0. The number of hydrogen-bond acceptors (Lipinski definition) is 7. The maximum atomic E-state index is 13.6. The lowest BCUT2D eigenvalue weighted by Gasteiger charge is -2.15. The second-order valence-electron chi connectivity index (χ2n) is 9.84. The van der Waals surface area contributed by atoms with E-state index in [0.29, 0.717) is 45.3 Å². The predicted octanol–water partition coefficient (Wildman–Crippen LogP) is 6.83. The minimum Gasteiger partial charge on any atom is -0.493 e. The first-order valence-corrected chi connectivity index (χ1v) is 15.0. The molecule has 4 rings (SSSR count). The molecule has 1 atom stereocenters. The van der Waals surface area contributed by atoms with Gasteiger partial charge in [-0.15, -0.1) is 11.8 Å². The van der Waals surface area contributed by atoms with Crippen molar-refractivity contribution in [1.82, 2.24) is 5.32 Å². The van der Waals surface area contributed by atoms with Gasteiger partial charge in [0.15, 0.2) is 0 Å². The average Bonchev–Trinajstić information content (AvgIpc) is 3.03. The molecule has 0 aromatic heterocycles. The van der Waals surface area contributed by atoms with Crippen LogP contribution in [0.3, 0.4) is 0 Å². The smallest absolute Gasteiger partial charge is 0.272 e. The minimum atomic E-state index is -0.565. The van der Waals surface area contributed by atoms with Crippen molar-refractivity contribution in [2.24, 2.45) is 0 Å². The molecule has 0 aliphatic heterocycles. The van der Waals surface area contributed by atoms with Crippen molar-refractivity contribution in [2.75, 3.05) is 17.2 Å². The molecular formula is C34H32N4O6S. The number of carbonyl (C=O) groups is 3. The molecule has 4 aromatic carbocycles. The summed E-state index contributed by atoms with van der Waals surface area (Å²) in [4.78, 5) is 50.9. The van der Waals surface area contributed by atoms with Gasteiger partial charge in [-0.3, -0.25) is 24.5 Å². The van der Waals surface area contributed by atoms with E-state index in [9.17, 15) is 24.5 Å². The van der Waals surface area contributed by atoms with Crippen molar-refractivity contribution in [2.45, 2.75) is 30.9 Å². The third kappa shape index (κ3) is 9.04. The Morgan fingerprint density at radius 3 is 2.40 bits per heavy atom. The number of thioether (sulfide) groups is 1. The van der Waals surface area contributed by atoms with Crippen LogP contribution in [-0.2, 0) is 9.59 Å². The number of hydrogen-bond donors (Lipinski definition) is 3.